The van der Waals surface area contributed by atoms with Gasteiger partial charge in [-0.05, 0) is 62.1 Å². The van der Waals surface area contributed by atoms with Gasteiger partial charge in [0.25, 0.3) is 0 Å². The van der Waals surface area contributed by atoms with Crippen LogP contribution in [0.1, 0.15) is 38.8 Å². The first kappa shape index (κ1) is 32.7. The maximum Gasteiger partial charge on any atom is 0.122 e. The molecule has 2 aromatic carbocycles. The molecule has 0 saturated heterocycles. The smallest absolute Gasteiger partial charge is 0.122 e. The Hall–Kier alpha value is -3.28. The number of nitrogens with zero attached hydrogens (tertiary/aromatic N) is 2. The van der Waals surface area contributed by atoms with Crippen LogP contribution in [0.25, 0.3) is 11.1 Å². The second-order valence-electron chi connectivity index (χ2n) is 14.2. The lowest BCUT2D eigenvalue weighted by atomic mass is 9.57. The average Bonchev–Trinajstić information content (AvgIpc) is 3.08. The molecule has 4 aliphatic rings. The largest absolute Gasteiger partial charge is 0.359 e. The molecule has 0 fully saturated rings. The Morgan fingerprint density at radius 2 is 0.804 bits per heavy atom. The third-order valence-corrected chi connectivity index (χ3v) is 12.2. The maximum atomic E-state index is 6.73. The van der Waals surface area contributed by atoms with Crippen LogP contribution in [0.3, 0.4) is 0 Å². The van der Waals surface area contributed by atoms with E-state index in [0.29, 0.717) is 0 Å². The Balaban J connectivity index is 1.17. The van der Waals surface area contributed by atoms with Crippen LogP contribution in [0.15, 0.2) is 121 Å². The summed E-state index contributed by atoms with van der Waals surface area (Å²) in [5, 5.41) is 0. The van der Waals surface area contributed by atoms with Crippen molar-refractivity contribution in [1.82, 2.24) is 0 Å². The van der Waals surface area contributed by atoms with Crippen molar-refractivity contribution >= 4 is 0 Å². The lowest BCUT2D eigenvalue weighted by molar-refractivity contribution is -0.906. The molecule has 4 atom stereocenters. The zero-order valence-electron chi connectivity index (χ0n) is 28.9. The number of hydrogen-bond donors (Lipinski definition) is 0. The fourth-order valence-corrected chi connectivity index (χ4v) is 7.52. The van der Waals surface area contributed by atoms with Crippen LogP contribution in [-0.4, -0.2) is 86.7 Å². The average molecular weight is 619 g/mol. The minimum atomic E-state index is -0.423. The van der Waals surface area contributed by atoms with E-state index in [-0.39, 0.29) is 10.8 Å². The molecular formula is C42H54N2O2+2. The summed E-state index contributed by atoms with van der Waals surface area (Å²) in [7, 11) is 4.64. The fraction of sp³-hybridized carbons (Fsp3) is 0.429. The number of likely N-dealkylation sites (N-methyl/N-ethyl adjacent to an activating group) is 2. The second-order valence-corrected chi connectivity index (χ2v) is 14.2. The quantitative estimate of drug-likeness (QED) is 0.150. The zero-order valence-corrected chi connectivity index (χ0v) is 28.9. The van der Waals surface area contributed by atoms with Gasteiger partial charge < -0.3 is 18.4 Å². The summed E-state index contributed by atoms with van der Waals surface area (Å²) < 4.78 is 15.5. The van der Waals surface area contributed by atoms with Crippen molar-refractivity contribution in [2.75, 3.05) is 66.6 Å². The molecule has 0 aromatic heterocycles. The van der Waals surface area contributed by atoms with E-state index in [1.807, 2.05) is 0 Å². The van der Waals surface area contributed by atoms with Crippen molar-refractivity contribution in [2.45, 2.75) is 49.7 Å². The van der Waals surface area contributed by atoms with Crippen molar-refractivity contribution in [3.8, 4) is 11.1 Å². The lowest BCUT2D eigenvalue weighted by Crippen LogP contribution is -2.57. The Labute approximate surface area is 277 Å². The van der Waals surface area contributed by atoms with Crippen LogP contribution in [-0.2, 0) is 20.3 Å². The van der Waals surface area contributed by atoms with Crippen molar-refractivity contribution in [3.05, 3.63) is 133 Å². The molecule has 0 aliphatic heterocycles. The molecule has 4 unspecified atom stereocenters. The number of allylic oxidation sites excluding steroid dienone is 4. The molecule has 0 heterocycles. The summed E-state index contributed by atoms with van der Waals surface area (Å²) in [5.41, 5.74) is 3.58. The van der Waals surface area contributed by atoms with E-state index < -0.39 is 11.2 Å². The first-order valence-corrected chi connectivity index (χ1v) is 17.5. The Morgan fingerprint density at radius 1 is 0.457 bits per heavy atom. The third kappa shape index (κ3) is 5.24. The third-order valence-electron chi connectivity index (χ3n) is 12.2. The number of ether oxygens (including phenoxy) is 2. The van der Waals surface area contributed by atoms with Gasteiger partial charge in [-0.1, -0.05) is 109 Å². The SMILES string of the molecule is CC[N+](C)(CC)CCOC12C=CC=CC1(c1ccc(-c3ccc(C45C=CC=CC4(OCC[N+](C)(CC)CC)C=C5)cc3)cc1)C=C2. The molecule has 0 saturated carbocycles. The van der Waals surface area contributed by atoms with Crippen molar-refractivity contribution < 1.29 is 18.4 Å². The van der Waals surface area contributed by atoms with E-state index >= 15 is 0 Å². The number of quaternary nitrogens is 2. The number of hydrogen-bond acceptors (Lipinski definition) is 2. The first-order valence-electron chi connectivity index (χ1n) is 17.5. The molecule has 0 bridgehead atoms. The van der Waals surface area contributed by atoms with Gasteiger partial charge in [0.05, 0.1) is 64.3 Å². The van der Waals surface area contributed by atoms with Gasteiger partial charge in [-0.3, -0.25) is 0 Å². The van der Waals surface area contributed by atoms with Gasteiger partial charge in [0.2, 0.25) is 0 Å². The van der Waals surface area contributed by atoms with Crippen LogP contribution in [0, 0.1) is 0 Å². The molecule has 2 aromatic rings. The van der Waals surface area contributed by atoms with E-state index in [1.54, 1.807) is 0 Å². The Kier molecular flexibility index (Phi) is 8.80. The molecule has 4 nitrogen and oxygen atoms in total. The number of fused-ring (bicyclic) bond motifs is 2. The highest BCUT2D eigenvalue weighted by Gasteiger charge is 2.55. The molecule has 0 amide bonds. The van der Waals surface area contributed by atoms with E-state index in [1.165, 1.54) is 22.3 Å². The standard InChI is InChI=1S/C42H54N2O2/c1-7-43(5,8-2)31-33-45-41-25-13-11-23-39(41,27-29-41)37-19-15-35(16-20-37)36-17-21-38(22-18-36)40-24-12-14-26-42(40,30-28-40)46-34-32-44(6,9-3)10-4/h11-30H,7-10,31-34H2,1-6H3/q+2. The monoisotopic (exact) mass is 618 g/mol. The number of benzene rings is 2. The molecular weight excluding hydrogens is 564 g/mol. The molecule has 0 radical (unpaired) electrons. The van der Waals surface area contributed by atoms with Crippen LogP contribution < -0.4 is 0 Å². The predicted octanol–water partition coefficient (Wildman–Crippen LogP) is 7.70. The topological polar surface area (TPSA) is 18.5 Å². The highest BCUT2D eigenvalue weighted by molar-refractivity contribution is 5.68. The van der Waals surface area contributed by atoms with E-state index in [2.05, 4.69) is 163 Å². The van der Waals surface area contributed by atoms with Crippen LogP contribution in [0.2, 0.25) is 0 Å². The maximum absolute atomic E-state index is 6.73. The van der Waals surface area contributed by atoms with Gasteiger partial charge in [-0.2, -0.15) is 0 Å². The molecule has 6 rings (SSSR count). The summed E-state index contributed by atoms with van der Waals surface area (Å²) in [6.45, 7) is 17.0. The van der Waals surface area contributed by atoms with Crippen molar-refractivity contribution in [2.24, 2.45) is 0 Å². The highest BCUT2D eigenvalue weighted by Crippen LogP contribution is 2.53. The van der Waals surface area contributed by atoms with Crippen LogP contribution in [0.5, 0.6) is 0 Å². The molecule has 4 aliphatic carbocycles. The first-order chi connectivity index (χ1) is 22.2. The Morgan fingerprint density at radius 3 is 1.11 bits per heavy atom. The summed E-state index contributed by atoms with van der Waals surface area (Å²) in [5.74, 6) is 0. The lowest BCUT2D eigenvalue weighted by Gasteiger charge is -2.52. The minimum Gasteiger partial charge on any atom is -0.359 e. The van der Waals surface area contributed by atoms with Gasteiger partial charge >= 0.3 is 0 Å². The summed E-state index contributed by atoms with van der Waals surface area (Å²) >= 11 is 0. The van der Waals surface area contributed by atoms with Gasteiger partial charge in [0.15, 0.2) is 0 Å². The second kappa shape index (κ2) is 12.4. The molecule has 4 heteroatoms. The van der Waals surface area contributed by atoms with Crippen molar-refractivity contribution in [3.63, 3.8) is 0 Å². The zero-order chi connectivity index (χ0) is 32.5. The van der Waals surface area contributed by atoms with Crippen LogP contribution in [0.4, 0.5) is 0 Å². The predicted molar refractivity (Wildman–Crippen MR) is 192 cm³/mol. The van der Waals surface area contributed by atoms with Gasteiger partial charge in [-0.15, -0.1) is 0 Å². The normalized spacial score (nSPS) is 28.9. The summed E-state index contributed by atoms with van der Waals surface area (Å²) in [6.07, 6.45) is 26.8. The summed E-state index contributed by atoms with van der Waals surface area (Å²) in [4.78, 5) is 0. The van der Waals surface area contributed by atoms with Gasteiger partial charge in [0, 0.05) is 0 Å². The molecule has 46 heavy (non-hydrogen) atoms. The minimum absolute atomic E-state index is 0.267. The molecule has 242 valence electrons. The molecule has 0 N–H and O–H groups in total. The number of rotatable bonds is 15. The van der Waals surface area contributed by atoms with Crippen LogP contribution >= 0.6 is 0 Å². The molecule has 0 spiro atoms. The van der Waals surface area contributed by atoms with Gasteiger partial charge in [-0.25, -0.2) is 0 Å². The van der Waals surface area contributed by atoms with Crippen molar-refractivity contribution in [1.29, 1.82) is 0 Å². The van der Waals surface area contributed by atoms with E-state index in [0.717, 1.165) is 61.4 Å². The van der Waals surface area contributed by atoms with E-state index in [4.69, 9.17) is 9.47 Å². The van der Waals surface area contributed by atoms with Gasteiger partial charge in [0.1, 0.15) is 24.3 Å². The fourth-order valence-electron chi connectivity index (χ4n) is 7.52. The Bertz CT molecular complexity index is 1450. The van der Waals surface area contributed by atoms with E-state index in [9.17, 15) is 0 Å². The highest BCUT2D eigenvalue weighted by atomic mass is 16.5. The summed E-state index contributed by atoms with van der Waals surface area (Å²) in [6, 6.07) is 18.2.